The number of hydrogen-bond acceptors (Lipinski definition) is 5. The Morgan fingerprint density at radius 3 is 2.12 bits per heavy atom. The Morgan fingerprint density at radius 1 is 1.00 bits per heavy atom. The van der Waals surface area contributed by atoms with Gasteiger partial charge in [0.05, 0.1) is 18.8 Å². The minimum Gasteiger partial charge on any atom is -0.478 e. The molecule has 0 saturated carbocycles. The molecule has 0 saturated heterocycles. The third-order valence-corrected chi connectivity index (χ3v) is 7.75. The standard InChI is InChI=1S/C27H27O6P/c1-5-11-21-18(4)12-10-15-22(21)26(34(31,32-6-2)33-7-3)25(28)23-16-19-13-8-9-14-20(19)17-24(23)27(29)30/h5,8-17,26H,1,4,6-7H2,2-3H3,(H,29,30)/b21-11+. The molecular formula is C27H27O6P. The number of aromatic carboxylic acids is 1. The zero-order valence-electron chi connectivity index (χ0n) is 19.2. The monoisotopic (exact) mass is 478 g/mol. The number of allylic oxidation sites excluding steroid dienone is 1. The first-order valence-electron chi connectivity index (χ1n) is 10.9. The molecule has 3 aromatic rings. The van der Waals surface area contributed by atoms with E-state index in [1.54, 1.807) is 68.5 Å². The molecule has 1 atom stereocenters. The van der Waals surface area contributed by atoms with Gasteiger partial charge in [0.15, 0.2) is 5.78 Å². The summed E-state index contributed by atoms with van der Waals surface area (Å²) in [5, 5.41) is 12.4. The van der Waals surface area contributed by atoms with E-state index in [1.807, 2.05) is 0 Å². The summed E-state index contributed by atoms with van der Waals surface area (Å²) in [4.78, 5) is 26.3. The zero-order chi connectivity index (χ0) is 24.9. The first kappa shape index (κ1) is 25.3. The summed E-state index contributed by atoms with van der Waals surface area (Å²) in [6.07, 6.45) is 3.21. The highest BCUT2D eigenvalue weighted by molar-refractivity contribution is 7.55. The van der Waals surface area contributed by atoms with Crippen LogP contribution < -0.4 is 10.4 Å². The van der Waals surface area contributed by atoms with Crippen LogP contribution in [0.25, 0.3) is 23.4 Å². The number of carbonyl (C=O) groups excluding carboxylic acids is 1. The number of carboxylic acids is 1. The molecule has 0 spiro atoms. The van der Waals surface area contributed by atoms with Crippen molar-refractivity contribution in [3.63, 3.8) is 0 Å². The molecular weight excluding hydrogens is 451 g/mol. The van der Waals surface area contributed by atoms with Crippen molar-refractivity contribution in [2.75, 3.05) is 13.2 Å². The zero-order valence-corrected chi connectivity index (χ0v) is 20.1. The van der Waals surface area contributed by atoms with Gasteiger partial charge in [-0.05, 0) is 52.8 Å². The van der Waals surface area contributed by atoms with Gasteiger partial charge in [-0.3, -0.25) is 9.36 Å². The maximum atomic E-state index is 14.1. The van der Waals surface area contributed by atoms with Crippen molar-refractivity contribution >= 4 is 42.8 Å². The van der Waals surface area contributed by atoms with E-state index >= 15 is 0 Å². The molecule has 0 aromatic heterocycles. The summed E-state index contributed by atoms with van der Waals surface area (Å²) in [6.45, 7) is 11.1. The number of benzene rings is 3. The maximum Gasteiger partial charge on any atom is 0.345 e. The molecule has 6 nitrogen and oxygen atoms in total. The molecule has 3 aromatic carbocycles. The van der Waals surface area contributed by atoms with Crippen molar-refractivity contribution in [3.8, 4) is 0 Å². The van der Waals surface area contributed by atoms with E-state index < -0.39 is 25.0 Å². The maximum absolute atomic E-state index is 14.1. The average Bonchev–Trinajstić information content (AvgIpc) is 2.80. The molecule has 7 heteroatoms. The fraction of sp³-hybridized carbons (Fsp3) is 0.185. The van der Waals surface area contributed by atoms with Gasteiger partial charge in [-0.1, -0.05) is 67.8 Å². The third-order valence-electron chi connectivity index (χ3n) is 5.37. The Kier molecular flexibility index (Phi) is 8.00. The highest BCUT2D eigenvalue weighted by Gasteiger charge is 2.44. The van der Waals surface area contributed by atoms with Crippen LogP contribution >= 0.6 is 7.60 Å². The lowest BCUT2D eigenvalue weighted by Gasteiger charge is -2.27. The predicted octanol–water partition coefficient (Wildman–Crippen LogP) is 5.10. The molecule has 0 amide bonds. The van der Waals surface area contributed by atoms with E-state index in [2.05, 4.69) is 13.2 Å². The molecule has 1 N–H and O–H groups in total. The van der Waals surface area contributed by atoms with Gasteiger partial charge < -0.3 is 14.2 Å². The molecule has 34 heavy (non-hydrogen) atoms. The summed E-state index contributed by atoms with van der Waals surface area (Å²) in [5.41, 5.74) is -1.30. The van der Waals surface area contributed by atoms with Crippen molar-refractivity contribution in [3.05, 3.63) is 94.4 Å². The van der Waals surface area contributed by atoms with Gasteiger partial charge >= 0.3 is 13.6 Å². The number of ketones is 1. The molecule has 0 aliphatic rings. The van der Waals surface area contributed by atoms with Crippen molar-refractivity contribution in [2.45, 2.75) is 19.5 Å². The Hall–Kier alpha value is -3.31. The highest BCUT2D eigenvalue weighted by Crippen LogP contribution is 2.61. The summed E-state index contributed by atoms with van der Waals surface area (Å²) >= 11 is 0. The van der Waals surface area contributed by atoms with Crippen LogP contribution in [-0.2, 0) is 13.6 Å². The summed E-state index contributed by atoms with van der Waals surface area (Å²) in [5.74, 6) is -1.93. The second-order valence-electron chi connectivity index (χ2n) is 7.51. The van der Waals surface area contributed by atoms with Crippen LogP contribution in [0.3, 0.4) is 0 Å². The van der Waals surface area contributed by atoms with Gasteiger partial charge in [-0.2, -0.15) is 0 Å². The average molecular weight is 478 g/mol. The number of fused-ring (bicyclic) bond motifs is 1. The molecule has 3 rings (SSSR count). The van der Waals surface area contributed by atoms with Crippen LogP contribution in [-0.4, -0.2) is 30.1 Å². The van der Waals surface area contributed by atoms with E-state index in [4.69, 9.17) is 9.05 Å². The van der Waals surface area contributed by atoms with Gasteiger partial charge in [0.2, 0.25) is 0 Å². The van der Waals surface area contributed by atoms with Crippen LogP contribution in [0.1, 0.15) is 45.8 Å². The van der Waals surface area contributed by atoms with Crippen molar-refractivity contribution < 1.29 is 28.3 Å². The molecule has 0 aliphatic heterocycles. The van der Waals surface area contributed by atoms with Crippen LogP contribution in [0.5, 0.6) is 0 Å². The Labute approximate surface area is 198 Å². The smallest absolute Gasteiger partial charge is 0.345 e. The van der Waals surface area contributed by atoms with Gasteiger partial charge in [0.1, 0.15) is 5.66 Å². The molecule has 0 heterocycles. The summed E-state index contributed by atoms with van der Waals surface area (Å²) in [6, 6.07) is 15.2. The van der Waals surface area contributed by atoms with Gasteiger partial charge in [0.25, 0.3) is 0 Å². The minimum atomic E-state index is -4.08. The quantitative estimate of drug-likeness (QED) is 0.322. The molecule has 0 aliphatic carbocycles. The molecule has 176 valence electrons. The lowest BCUT2D eigenvalue weighted by Crippen LogP contribution is -2.32. The van der Waals surface area contributed by atoms with Crippen LogP contribution in [0.15, 0.2) is 67.3 Å². The number of hydrogen-bond donors (Lipinski definition) is 1. The highest BCUT2D eigenvalue weighted by atomic mass is 31.2. The lowest BCUT2D eigenvalue weighted by atomic mass is 9.93. The van der Waals surface area contributed by atoms with E-state index in [0.29, 0.717) is 26.8 Å². The van der Waals surface area contributed by atoms with Gasteiger partial charge in [-0.15, -0.1) is 0 Å². The Balaban J connectivity index is 2.39. The second kappa shape index (κ2) is 10.7. The fourth-order valence-electron chi connectivity index (χ4n) is 3.96. The molecule has 0 bridgehead atoms. The van der Waals surface area contributed by atoms with Gasteiger partial charge in [0, 0.05) is 5.56 Å². The van der Waals surface area contributed by atoms with Crippen LogP contribution in [0.2, 0.25) is 0 Å². The van der Waals surface area contributed by atoms with E-state index in [0.717, 1.165) is 0 Å². The normalized spacial score (nSPS) is 13.1. The minimum absolute atomic E-state index is 0.0368. The molecule has 0 fully saturated rings. The third kappa shape index (κ3) is 4.95. The second-order valence-corrected chi connectivity index (χ2v) is 9.63. The van der Waals surface area contributed by atoms with Crippen molar-refractivity contribution in [2.24, 2.45) is 0 Å². The van der Waals surface area contributed by atoms with Crippen LogP contribution in [0, 0.1) is 0 Å². The van der Waals surface area contributed by atoms with Crippen molar-refractivity contribution in [1.82, 2.24) is 0 Å². The SMILES string of the molecule is C=C/C=c1/c(C(C(=O)c2cc3ccccc3cc2C(=O)O)P(=O)(OCC)OCC)cccc1=C. The van der Waals surface area contributed by atoms with Gasteiger partial charge in [-0.25, -0.2) is 4.79 Å². The van der Waals surface area contributed by atoms with Crippen molar-refractivity contribution in [1.29, 1.82) is 0 Å². The van der Waals surface area contributed by atoms with E-state index in [9.17, 15) is 19.3 Å². The molecule has 1 unspecified atom stereocenters. The number of rotatable bonds is 10. The fourth-order valence-corrected chi connectivity index (χ4v) is 6.05. The number of carboxylic acid groups (broad SMARTS) is 1. The largest absolute Gasteiger partial charge is 0.478 e. The summed E-state index contributed by atoms with van der Waals surface area (Å²) in [7, 11) is -4.08. The topological polar surface area (TPSA) is 89.9 Å². The lowest BCUT2D eigenvalue weighted by molar-refractivity contribution is 0.0691. The van der Waals surface area contributed by atoms with E-state index in [-0.39, 0.29) is 24.3 Å². The molecule has 0 radical (unpaired) electrons. The first-order valence-corrected chi connectivity index (χ1v) is 12.5. The Bertz CT molecular complexity index is 1400. The first-order chi connectivity index (χ1) is 16.3. The van der Waals surface area contributed by atoms with E-state index in [1.165, 1.54) is 12.1 Å². The van der Waals surface area contributed by atoms with Crippen LogP contribution in [0.4, 0.5) is 0 Å². The predicted molar refractivity (Wildman–Crippen MR) is 135 cm³/mol. The Morgan fingerprint density at radius 2 is 1.59 bits per heavy atom. The number of Topliss-reactive ketones (excluding diaryl/α,β-unsaturated/α-hetero) is 1. The number of carbonyl (C=O) groups is 2. The summed E-state index contributed by atoms with van der Waals surface area (Å²) < 4.78 is 25.3.